The monoisotopic (exact) mass is 375 g/mol. The Balaban J connectivity index is 2.44. The number of carboxylic acid groups (broad SMARTS) is 1. The van der Waals surface area contributed by atoms with Crippen LogP contribution in [0.2, 0.25) is 0 Å². The predicted octanol–water partition coefficient (Wildman–Crippen LogP) is 1.93. The number of carbonyl (C=O) groups excluding carboxylic acids is 2. The average molecular weight is 375 g/mol. The molecule has 0 aliphatic heterocycles. The molecular formula is C18H17NO4S2. The maximum absolute atomic E-state index is 12.1. The van der Waals surface area contributed by atoms with Crippen molar-refractivity contribution < 1.29 is 19.5 Å². The number of amides is 1. The molecule has 2 aromatic heterocycles. The van der Waals surface area contributed by atoms with Crippen LogP contribution in [-0.2, 0) is 16.0 Å². The Morgan fingerprint density at radius 1 is 1.28 bits per heavy atom. The van der Waals surface area contributed by atoms with E-state index < -0.39 is 11.9 Å². The van der Waals surface area contributed by atoms with E-state index in [9.17, 15) is 14.4 Å². The largest absolute Gasteiger partial charge is 0.481 e. The molecule has 0 radical (unpaired) electrons. The summed E-state index contributed by atoms with van der Waals surface area (Å²) >= 11 is 2.68. The second-order valence-electron chi connectivity index (χ2n) is 5.31. The standard InChI is InChI=1S/C18H17NO4S2/c1-3-4-12-10(2)25-18(13(12)8-16(19)21)11-7-15(24-9-11)14(20)5-6-17(22)23/h3-4,7,9H,1-2,5-6,8H2,(H2,19,21)(H,22,23)/b12-4+. The Morgan fingerprint density at radius 3 is 2.60 bits per heavy atom. The van der Waals surface area contributed by atoms with Gasteiger partial charge in [0.2, 0.25) is 5.91 Å². The van der Waals surface area contributed by atoms with Gasteiger partial charge in [0.1, 0.15) is 0 Å². The van der Waals surface area contributed by atoms with E-state index in [2.05, 4.69) is 13.2 Å². The van der Waals surface area contributed by atoms with E-state index in [-0.39, 0.29) is 25.0 Å². The van der Waals surface area contributed by atoms with Gasteiger partial charge < -0.3 is 10.8 Å². The van der Waals surface area contributed by atoms with Crippen molar-refractivity contribution in [3.05, 3.63) is 44.3 Å². The van der Waals surface area contributed by atoms with Crippen molar-refractivity contribution in [1.82, 2.24) is 0 Å². The predicted molar refractivity (Wildman–Crippen MR) is 101 cm³/mol. The van der Waals surface area contributed by atoms with Crippen LogP contribution in [-0.4, -0.2) is 22.8 Å². The number of primary amides is 1. The minimum absolute atomic E-state index is 0.0378. The molecule has 0 fully saturated rings. The van der Waals surface area contributed by atoms with Crippen molar-refractivity contribution in [2.45, 2.75) is 19.3 Å². The molecule has 0 aliphatic carbocycles. The van der Waals surface area contributed by atoms with Gasteiger partial charge in [0.25, 0.3) is 0 Å². The fourth-order valence-electron chi connectivity index (χ4n) is 2.37. The SMILES string of the molecule is C=C/C=c1/c(CC(N)=O)c(-c2csc(C(=O)CCC(=O)O)c2)sc1=C. The summed E-state index contributed by atoms with van der Waals surface area (Å²) in [4.78, 5) is 35.5. The second kappa shape index (κ2) is 8.04. The highest BCUT2D eigenvalue weighted by Crippen LogP contribution is 2.30. The molecule has 0 saturated heterocycles. The molecule has 7 heteroatoms. The summed E-state index contributed by atoms with van der Waals surface area (Å²) in [5.41, 5.74) is 6.94. The number of carbonyl (C=O) groups is 3. The summed E-state index contributed by atoms with van der Waals surface area (Å²) in [6, 6.07) is 1.72. The maximum atomic E-state index is 12.1. The Kier molecular flexibility index (Phi) is 6.06. The van der Waals surface area contributed by atoms with Gasteiger partial charge in [-0.25, -0.2) is 0 Å². The van der Waals surface area contributed by atoms with Gasteiger partial charge in [0, 0.05) is 26.8 Å². The van der Waals surface area contributed by atoms with E-state index in [0.717, 1.165) is 25.8 Å². The minimum Gasteiger partial charge on any atom is -0.481 e. The molecule has 25 heavy (non-hydrogen) atoms. The van der Waals surface area contributed by atoms with Gasteiger partial charge in [-0.05, 0) is 16.8 Å². The lowest BCUT2D eigenvalue weighted by molar-refractivity contribution is -0.137. The van der Waals surface area contributed by atoms with Gasteiger partial charge in [-0.1, -0.05) is 25.3 Å². The number of ketones is 1. The smallest absolute Gasteiger partial charge is 0.303 e. The van der Waals surface area contributed by atoms with Crippen molar-refractivity contribution in [2.75, 3.05) is 0 Å². The molecule has 0 spiro atoms. The number of carboxylic acids is 1. The van der Waals surface area contributed by atoms with Crippen LogP contribution in [0.1, 0.15) is 28.1 Å². The fraction of sp³-hybridized carbons (Fsp3) is 0.167. The highest BCUT2D eigenvalue weighted by molar-refractivity contribution is 7.15. The molecular weight excluding hydrogens is 358 g/mol. The molecule has 0 atom stereocenters. The zero-order valence-corrected chi connectivity index (χ0v) is 15.0. The lowest BCUT2D eigenvalue weighted by Crippen LogP contribution is -2.24. The van der Waals surface area contributed by atoms with Crippen LogP contribution in [0.4, 0.5) is 0 Å². The van der Waals surface area contributed by atoms with E-state index in [0.29, 0.717) is 4.88 Å². The average Bonchev–Trinajstić information content (AvgIpc) is 3.12. The lowest BCUT2D eigenvalue weighted by atomic mass is 10.1. The van der Waals surface area contributed by atoms with E-state index in [1.165, 1.54) is 22.7 Å². The van der Waals surface area contributed by atoms with E-state index in [1.54, 1.807) is 18.2 Å². The van der Waals surface area contributed by atoms with Crippen molar-refractivity contribution in [1.29, 1.82) is 0 Å². The van der Waals surface area contributed by atoms with Crippen molar-refractivity contribution in [3.8, 4) is 10.4 Å². The molecule has 3 N–H and O–H groups in total. The Labute approximate surface area is 152 Å². The van der Waals surface area contributed by atoms with E-state index in [4.69, 9.17) is 10.8 Å². The van der Waals surface area contributed by atoms with Crippen LogP contribution in [0.25, 0.3) is 23.1 Å². The van der Waals surface area contributed by atoms with Crippen molar-refractivity contribution >= 4 is 53.0 Å². The molecule has 2 aromatic rings. The summed E-state index contributed by atoms with van der Waals surface area (Å²) in [6.45, 7) is 7.68. The lowest BCUT2D eigenvalue weighted by Gasteiger charge is -2.00. The van der Waals surface area contributed by atoms with Crippen molar-refractivity contribution in [3.63, 3.8) is 0 Å². The van der Waals surface area contributed by atoms with Crippen LogP contribution in [0.15, 0.2) is 24.1 Å². The number of nitrogens with two attached hydrogens (primary N) is 1. The zero-order valence-electron chi connectivity index (χ0n) is 13.4. The van der Waals surface area contributed by atoms with Gasteiger partial charge in [-0.15, -0.1) is 22.7 Å². The summed E-state index contributed by atoms with van der Waals surface area (Å²) in [5, 5.41) is 11.3. The topological polar surface area (TPSA) is 97.5 Å². The highest BCUT2D eigenvalue weighted by atomic mass is 32.1. The second-order valence-corrected chi connectivity index (χ2v) is 7.32. The zero-order chi connectivity index (χ0) is 18.6. The number of hydrogen-bond acceptors (Lipinski definition) is 5. The normalized spacial score (nSPS) is 11.4. The molecule has 130 valence electrons. The Morgan fingerprint density at radius 2 is 2.00 bits per heavy atom. The molecule has 0 unspecified atom stereocenters. The third-order valence-corrected chi connectivity index (χ3v) is 5.59. The third-order valence-electron chi connectivity index (χ3n) is 3.46. The van der Waals surface area contributed by atoms with Gasteiger partial charge >= 0.3 is 5.97 Å². The number of aliphatic carboxylic acids is 1. The van der Waals surface area contributed by atoms with Crippen molar-refractivity contribution in [2.24, 2.45) is 5.73 Å². The molecule has 5 nitrogen and oxygen atoms in total. The van der Waals surface area contributed by atoms with Crippen LogP contribution >= 0.6 is 22.7 Å². The number of allylic oxidation sites excluding steroid dienone is 1. The maximum Gasteiger partial charge on any atom is 0.303 e. The fourth-order valence-corrected chi connectivity index (χ4v) is 4.40. The quantitative estimate of drug-likeness (QED) is 0.689. The van der Waals surface area contributed by atoms with Crippen LogP contribution in [0.5, 0.6) is 0 Å². The van der Waals surface area contributed by atoms with Gasteiger partial charge in [-0.3, -0.25) is 14.4 Å². The first kappa shape index (κ1) is 18.8. The number of hydrogen-bond donors (Lipinski definition) is 2. The van der Waals surface area contributed by atoms with Crippen LogP contribution in [0, 0.1) is 0 Å². The molecule has 2 heterocycles. The molecule has 0 saturated carbocycles. The van der Waals surface area contributed by atoms with Crippen LogP contribution < -0.4 is 15.5 Å². The molecule has 0 aromatic carbocycles. The van der Waals surface area contributed by atoms with Gasteiger partial charge in [0.05, 0.1) is 17.7 Å². The molecule has 2 rings (SSSR count). The Hall–Kier alpha value is -2.51. The van der Waals surface area contributed by atoms with E-state index >= 15 is 0 Å². The summed E-state index contributed by atoms with van der Waals surface area (Å²) in [6.07, 6.45) is 3.24. The first-order chi connectivity index (χ1) is 11.8. The Bertz CT molecular complexity index is 952. The molecule has 1 amide bonds. The molecule has 0 bridgehead atoms. The van der Waals surface area contributed by atoms with E-state index in [1.807, 2.05) is 5.38 Å². The summed E-state index contributed by atoms with van der Waals surface area (Å²) < 4.78 is 0.788. The summed E-state index contributed by atoms with van der Waals surface area (Å²) in [7, 11) is 0. The molecule has 0 aliphatic rings. The number of thiophene rings is 2. The first-order valence-corrected chi connectivity index (χ1v) is 9.08. The minimum atomic E-state index is -1.00. The first-order valence-electron chi connectivity index (χ1n) is 7.39. The third kappa shape index (κ3) is 4.52. The summed E-state index contributed by atoms with van der Waals surface area (Å²) in [5.74, 6) is -1.66. The number of rotatable bonds is 8. The number of Topliss-reactive ketones (excluding diaryl/α,β-unsaturated/α-hetero) is 1. The van der Waals surface area contributed by atoms with Crippen LogP contribution in [0.3, 0.4) is 0 Å². The highest BCUT2D eigenvalue weighted by Gasteiger charge is 2.17. The van der Waals surface area contributed by atoms with Gasteiger partial charge in [0.15, 0.2) is 5.78 Å². The van der Waals surface area contributed by atoms with Gasteiger partial charge in [-0.2, -0.15) is 0 Å².